The summed E-state index contributed by atoms with van der Waals surface area (Å²) in [5.74, 6) is -0.315. The smallest absolute Gasteiger partial charge is 0.327 e. The van der Waals surface area contributed by atoms with E-state index in [4.69, 9.17) is 5.26 Å². The molecule has 1 saturated carbocycles. The van der Waals surface area contributed by atoms with Crippen molar-refractivity contribution >= 4 is 5.97 Å². The van der Waals surface area contributed by atoms with Crippen molar-refractivity contribution in [2.75, 3.05) is 7.11 Å². The molecule has 1 aliphatic carbocycles. The first-order chi connectivity index (χ1) is 5.45. The van der Waals surface area contributed by atoms with Gasteiger partial charge in [-0.15, -0.1) is 0 Å². The molecule has 3 heteroatoms. The second kappa shape index (κ2) is 2.22. The molecule has 0 spiro atoms. The summed E-state index contributed by atoms with van der Waals surface area (Å²) in [7, 11) is 1.32. The van der Waals surface area contributed by atoms with Crippen LogP contribution in [0.25, 0.3) is 0 Å². The molecule has 3 nitrogen and oxygen atoms in total. The standard InChI is InChI=1S/C9H13NO2/c1-6-8(2,3)9(6,5-10)7(11)12-4/h6H,1-4H3. The molecule has 2 atom stereocenters. The van der Waals surface area contributed by atoms with Gasteiger partial charge >= 0.3 is 5.97 Å². The van der Waals surface area contributed by atoms with Crippen molar-refractivity contribution in [3.8, 4) is 6.07 Å². The molecular weight excluding hydrogens is 154 g/mol. The lowest BCUT2D eigenvalue weighted by atomic mass is 9.98. The second-order valence-electron chi connectivity index (χ2n) is 3.85. The van der Waals surface area contributed by atoms with Crippen LogP contribution in [0.5, 0.6) is 0 Å². The minimum absolute atomic E-state index is 0.0856. The van der Waals surface area contributed by atoms with Crippen LogP contribution in [0.2, 0.25) is 0 Å². The normalized spacial score (nSPS) is 36.8. The van der Waals surface area contributed by atoms with Gasteiger partial charge in [0.15, 0.2) is 5.41 Å². The number of nitriles is 1. The zero-order valence-corrected chi connectivity index (χ0v) is 7.84. The minimum atomic E-state index is -0.901. The van der Waals surface area contributed by atoms with Gasteiger partial charge in [-0.05, 0) is 11.3 Å². The topological polar surface area (TPSA) is 50.1 Å². The van der Waals surface area contributed by atoms with Crippen LogP contribution in [0.3, 0.4) is 0 Å². The fraction of sp³-hybridized carbons (Fsp3) is 0.778. The first-order valence-electron chi connectivity index (χ1n) is 3.94. The van der Waals surface area contributed by atoms with Crippen molar-refractivity contribution in [1.29, 1.82) is 5.26 Å². The van der Waals surface area contributed by atoms with Gasteiger partial charge in [0.25, 0.3) is 0 Å². The predicted octanol–water partition coefficient (Wildman–Crippen LogP) is 1.35. The third kappa shape index (κ3) is 0.677. The van der Waals surface area contributed by atoms with Gasteiger partial charge in [0.05, 0.1) is 13.2 Å². The number of carbonyl (C=O) groups excluding carboxylic acids is 1. The SMILES string of the molecule is COC(=O)C1(C#N)C(C)C1(C)C. The average Bonchev–Trinajstić information content (AvgIpc) is 2.47. The van der Waals surface area contributed by atoms with Crippen LogP contribution in [-0.2, 0) is 9.53 Å². The Morgan fingerprint density at radius 1 is 1.58 bits per heavy atom. The van der Waals surface area contributed by atoms with Crippen molar-refractivity contribution in [2.24, 2.45) is 16.7 Å². The monoisotopic (exact) mass is 167 g/mol. The number of esters is 1. The predicted molar refractivity (Wildman–Crippen MR) is 43.0 cm³/mol. The highest BCUT2D eigenvalue weighted by Gasteiger charge is 2.75. The van der Waals surface area contributed by atoms with Crippen molar-refractivity contribution in [1.82, 2.24) is 0 Å². The van der Waals surface area contributed by atoms with E-state index in [2.05, 4.69) is 10.8 Å². The highest BCUT2D eigenvalue weighted by atomic mass is 16.5. The van der Waals surface area contributed by atoms with E-state index in [1.54, 1.807) is 0 Å². The third-order valence-corrected chi connectivity index (χ3v) is 3.35. The van der Waals surface area contributed by atoms with E-state index in [9.17, 15) is 4.79 Å². The molecule has 66 valence electrons. The van der Waals surface area contributed by atoms with Gasteiger partial charge in [0.1, 0.15) is 0 Å². The van der Waals surface area contributed by atoms with E-state index >= 15 is 0 Å². The van der Waals surface area contributed by atoms with Gasteiger partial charge in [0, 0.05) is 0 Å². The largest absolute Gasteiger partial charge is 0.468 e. The highest BCUT2D eigenvalue weighted by Crippen LogP contribution is 2.68. The molecular formula is C9H13NO2. The Morgan fingerprint density at radius 2 is 2.00 bits per heavy atom. The number of nitrogens with zero attached hydrogens (tertiary/aromatic N) is 1. The van der Waals surface area contributed by atoms with Crippen molar-refractivity contribution < 1.29 is 9.53 Å². The van der Waals surface area contributed by atoms with Crippen LogP contribution in [-0.4, -0.2) is 13.1 Å². The number of carbonyl (C=O) groups is 1. The molecule has 0 aromatic heterocycles. The molecule has 0 radical (unpaired) electrons. The lowest BCUT2D eigenvalue weighted by Crippen LogP contribution is -2.21. The molecule has 2 unspecified atom stereocenters. The molecule has 0 saturated heterocycles. The van der Waals surface area contributed by atoms with Gasteiger partial charge in [-0.3, -0.25) is 4.79 Å². The van der Waals surface area contributed by atoms with Gasteiger partial charge in [-0.1, -0.05) is 20.8 Å². The number of ether oxygens (including phenoxy) is 1. The molecule has 0 N–H and O–H groups in total. The van der Waals surface area contributed by atoms with Gasteiger partial charge in [-0.25, -0.2) is 0 Å². The molecule has 1 fully saturated rings. The molecule has 0 bridgehead atoms. The molecule has 0 aliphatic heterocycles. The minimum Gasteiger partial charge on any atom is -0.468 e. The fourth-order valence-corrected chi connectivity index (χ4v) is 1.91. The van der Waals surface area contributed by atoms with Crippen LogP contribution in [0, 0.1) is 28.1 Å². The summed E-state index contributed by atoms with van der Waals surface area (Å²) in [4.78, 5) is 11.3. The second-order valence-corrected chi connectivity index (χ2v) is 3.85. The lowest BCUT2D eigenvalue weighted by Gasteiger charge is -2.07. The van der Waals surface area contributed by atoms with Crippen LogP contribution in [0.1, 0.15) is 20.8 Å². The molecule has 1 aliphatic rings. The Kier molecular flexibility index (Phi) is 1.68. The molecule has 1 rings (SSSR count). The van der Waals surface area contributed by atoms with E-state index in [0.29, 0.717) is 0 Å². The van der Waals surface area contributed by atoms with Crippen LogP contribution >= 0.6 is 0 Å². The maximum atomic E-state index is 11.3. The van der Waals surface area contributed by atoms with E-state index in [1.807, 2.05) is 20.8 Å². The maximum Gasteiger partial charge on any atom is 0.327 e. The number of rotatable bonds is 1. The number of methoxy groups -OCH3 is 1. The van der Waals surface area contributed by atoms with Gasteiger partial charge in [0.2, 0.25) is 0 Å². The summed E-state index contributed by atoms with van der Waals surface area (Å²) in [6, 6.07) is 2.07. The summed E-state index contributed by atoms with van der Waals surface area (Å²) in [6.45, 7) is 5.73. The van der Waals surface area contributed by atoms with E-state index in [0.717, 1.165) is 0 Å². The molecule has 0 amide bonds. The molecule has 0 heterocycles. The van der Waals surface area contributed by atoms with Crippen LogP contribution < -0.4 is 0 Å². The lowest BCUT2D eigenvalue weighted by molar-refractivity contribution is -0.146. The average molecular weight is 167 g/mol. The molecule has 12 heavy (non-hydrogen) atoms. The number of hydrogen-bond donors (Lipinski definition) is 0. The Balaban J connectivity index is 3.00. The van der Waals surface area contributed by atoms with Gasteiger partial charge in [-0.2, -0.15) is 5.26 Å². The summed E-state index contributed by atoms with van der Waals surface area (Å²) in [5, 5.41) is 8.91. The van der Waals surface area contributed by atoms with Crippen LogP contribution in [0.4, 0.5) is 0 Å². The molecule has 0 aromatic carbocycles. The van der Waals surface area contributed by atoms with Crippen molar-refractivity contribution in [3.05, 3.63) is 0 Å². The fourth-order valence-electron chi connectivity index (χ4n) is 1.91. The zero-order chi connectivity index (χ0) is 9.57. The number of hydrogen-bond acceptors (Lipinski definition) is 3. The third-order valence-electron chi connectivity index (χ3n) is 3.35. The zero-order valence-electron chi connectivity index (χ0n) is 7.84. The van der Waals surface area contributed by atoms with Crippen LogP contribution in [0.15, 0.2) is 0 Å². The summed E-state index contributed by atoms with van der Waals surface area (Å²) in [6.07, 6.45) is 0. The van der Waals surface area contributed by atoms with Crippen molar-refractivity contribution in [3.63, 3.8) is 0 Å². The Hall–Kier alpha value is -1.04. The van der Waals surface area contributed by atoms with Gasteiger partial charge < -0.3 is 4.74 Å². The molecule has 0 aromatic rings. The van der Waals surface area contributed by atoms with Crippen molar-refractivity contribution in [2.45, 2.75) is 20.8 Å². The maximum absolute atomic E-state index is 11.3. The summed E-state index contributed by atoms with van der Waals surface area (Å²) < 4.78 is 4.61. The summed E-state index contributed by atoms with van der Waals surface area (Å²) >= 11 is 0. The summed E-state index contributed by atoms with van der Waals surface area (Å²) in [5.41, 5.74) is -1.14. The van der Waals surface area contributed by atoms with E-state index in [1.165, 1.54) is 7.11 Å². The Bertz CT molecular complexity index is 264. The van der Waals surface area contributed by atoms with E-state index in [-0.39, 0.29) is 11.3 Å². The van der Waals surface area contributed by atoms with E-state index < -0.39 is 11.4 Å². The quantitative estimate of drug-likeness (QED) is 0.554. The highest BCUT2D eigenvalue weighted by molar-refractivity contribution is 5.86. The first kappa shape index (κ1) is 9.05. The Morgan fingerprint density at radius 3 is 2.08 bits per heavy atom. The first-order valence-corrected chi connectivity index (χ1v) is 3.94. The Labute approximate surface area is 72.3 Å².